The van der Waals surface area contributed by atoms with Crippen LogP contribution in [0.5, 0.6) is 0 Å². The summed E-state index contributed by atoms with van der Waals surface area (Å²) in [6.45, 7) is 0.539. The maximum atomic E-state index is 13.6. The molecule has 0 aliphatic heterocycles. The molecular formula is C11H8Br2FN. The summed E-state index contributed by atoms with van der Waals surface area (Å²) in [4.78, 5) is 0. The first-order valence-corrected chi connectivity index (χ1v) is 6.00. The van der Waals surface area contributed by atoms with Gasteiger partial charge in [0.1, 0.15) is 0 Å². The van der Waals surface area contributed by atoms with E-state index in [1.54, 1.807) is 10.8 Å². The highest BCUT2D eigenvalue weighted by atomic mass is 79.9. The Balaban J connectivity index is 2.29. The van der Waals surface area contributed by atoms with Gasteiger partial charge in [0.25, 0.3) is 0 Å². The van der Waals surface area contributed by atoms with Crippen molar-refractivity contribution in [2.24, 2.45) is 0 Å². The molecule has 2 rings (SSSR count). The number of aromatic nitrogens is 1. The number of hydrogen-bond donors (Lipinski definition) is 0. The topological polar surface area (TPSA) is 4.93 Å². The maximum Gasteiger partial charge on any atom is 0.209 e. The summed E-state index contributed by atoms with van der Waals surface area (Å²) in [7, 11) is 0. The molecule has 2 aromatic rings. The Morgan fingerprint density at radius 2 is 1.80 bits per heavy atom. The van der Waals surface area contributed by atoms with E-state index in [4.69, 9.17) is 0 Å². The van der Waals surface area contributed by atoms with Crippen LogP contribution in [0.25, 0.3) is 0 Å². The Morgan fingerprint density at radius 1 is 1.13 bits per heavy atom. The number of halogens is 3. The molecule has 0 fully saturated rings. The van der Waals surface area contributed by atoms with Gasteiger partial charge in [-0.25, -0.2) is 0 Å². The summed E-state index contributed by atoms with van der Waals surface area (Å²) < 4.78 is 16.4. The van der Waals surface area contributed by atoms with Crippen LogP contribution in [0.2, 0.25) is 0 Å². The minimum atomic E-state index is -0.259. The predicted molar refractivity (Wildman–Crippen MR) is 65.3 cm³/mol. The summed E-state index contributed by atoms with van der Waals surface area (Å²) >= 11 is 6.44. The van der Waals surface area contributed by atoms with E-state index in [0.29, 0.717) is 11.0 Å². The summed E-state index contributed by atoms with van der Waals surface area (Å²) in [5.74, 6) is -0.259. The van der Waals surface area contributed by atoms with Crippen LogP contribution in [0.1, 0.15) is 5.56 Å². The van der Waals surface area contributed by atoms with Gasteiger partial charge in [-0.2, -0.15) is 4.39 Å². The Hall–Kier alpha value is -0.610. The summed E-state index contributed by atoms with van der Waals surface area (Å²) in [5, 5.41) is 0. The highest BCUT2D eigenvalue weighted by Gasteiger charge is 2.11. The molecule has 0 radical (unpaired) electrons. The third kappa shape index (κ3) is 2.32. The molecule has 0 atom stereocenters. The lowest BCUT2D eigenvalue weighted by molar-refractivity contribution is 0.511. The molecule has 1 aromatic heterocycles. The van der Waals surface area contributed by atoms with E-state index in [1.165, 1.54) is 0 Å². The number of nitrogens with zero attached hydrogens (tertiary/aromatic N) is 1. The second kappa shape index (κ2) is 4.49. The molecule has 4 heteroatoms. The molecular weight excluding hydrogens is 325 g/mol. The van der Waals surface area contributed by atoms with Crippen molar-refractivity contribution in [3.63, 3.8) is 0 Å². The maximum absolute atomic E-state index is 13.6. The van der Waals surface area contributed by atoms with Crippen molar-refractivity contribution in [2.75, 3.05) is 0 Å². The molecule has 0 saturated heterocycles. The number of benzene rings is 1. The molecule has 0 unspecified atom stereocenters. The van der Waals surface area contributed by atoms with Gasteiger partial charge in [-0.05, 0) is 37.4 Å². The zero-order valence-electron chi connectivity index (χ0n) is 7.75. The smallest absolute Gasteiger partial charge is 0.209 e. The lowest BCUT2D eigenvalue weighted by Crippen LogP contribution is -2.00. The molecule has 0 N–H and O–H groups in total. The molecule has 0 saturated carbocycles. The fourth-order valence-corrected chi connectivity index (χ4v) is 2.11. The minimum absolute atomic E-state index is 0.259. The van der Waals surface area contributed by atoms with Crippen LogP contribution < -0.4 is 0 Å². The highest BCUT2D eigenvalue weighted by molar-refractivity contribution is 9.13. The van der Waals surface area contributed by atoms with E-state index in [-0.39, 0.29) is 5.95 Å². The van der Waals surface area contributed by atoms with E-state index in [0.717, 1.165) is 10.0 Å². The molecule has 0 aliphatic rings. The zero-order chi connectivity index (χ0) is 10.8. The van der Waals surface area contributed by atoms with E-state index in [1.807, 2.05) is 30.3 Å². The van der Waals surface area contributed by atoms with Crippen molar-refractivity contribution < 1.29 is 4.39 Å². The van der Waals surface area contributed by atoms with Crippen molar-refractivity contribution in [2.45, 2.75) is 6.54 Å². The average Bonchev–Trinajstić information content (AvgIpc) is 2.48. The molecule has 1 aromatic carbocycles. The van der Waals surface area contributed by atoms with Gasteiger partial charge in [0.15, 0.2) is 0 Å². The van der Waals surface area contributed by atoms with Crippen molar-refractivity contribution in [1.82, 2.24) is 4.57 Å². The Bertz CT molecular complexity index is 465. The quantitative estimate of drug-likeness (QED) is 0.776. The fourth-order valence-electron chi connectivity index (χ4n) is 1.37. The monoisotopic (exact) mass is 331 g/mol. The van der Waals surface area contributed by atoms with Gasteiger partial charge in [-0.1, -0.05) is 30.3 Å². The second-order valence-corrected chi connectivity index (χ2v) is 4.84. The van der Waals surface area contributed by atoms with Crippen molar-refractivity contribution in [1.29, 1.82) is 0 Å². The van der Waals surface area contributed by atoms with Gasteiger partial charge in [-0.3, -0.25) is 0 Å². The largest absolute Gasteiger partial charge is 0.318 e. The molecule has 78 valence electrons. The molecule has 0 bridgehead atoms. The standard InChI is InChI=1S/C11H8Br2FN/c12-9-7-15(11(14)10(9)13)6-8-4-2-1-3-5-8/h1-5,7H,6H2. The molecule has 0 aliphatic carbocycles. The first kappa shape index (κ1) is 10.9. The molecule has 15 heavy (non-hydrogen) atoms. The van der Waals surface area contributed by atoms with Crippen LogP contribution in [-0.4, -0.2) is 4.57 Å². The lowest BCUT2D eigenvalue weighted by atomic mass is 10.2. The van der Waals surface area contributed by atoms with E-state index >= 15 is 0 Å². The third-order valence-electron chi connectivity index (χ3n) is 2.11. The Labute approximate surface area is 104 Å². The SMILES string of the molecule is Fc1c(Br)c(Br)cn1Cc1ccccc1. The van der Waals surface area contributed by atoms with Crippen LogP contribution in [0.4, 0.5) is 4.39 Å². The van der Waals surface area contributed by atoms with Gasteiger partial charge in [0, 0.05) is 12.7 Å². The highest BCUT2D eigenvalue weighted by Crippen LogP contribution is 2.27. The summed E-state index contributed by atoms with van der Waals surface area (Å²) in [5.41, 5.74) is 1.08. The third-order valence-corrected chi connectivity index (χ3v) is 4.00. The van der Waals surface area contributed by atoms with E-state index in [9.17, 15) is 4.39 Å². The Kier molecular flexibility index (Phi) is 3.26. The first-order valence-electron chi connectivity index (χ1n) is 4.42. The van der Waals surface area contributed by atoms with Crippen molar-refractivity contribution in [3.8, 4) is 0 Å². The van der Waals surface area contributed by atoms with Crippen LogP contribution >= 0.6 is 31.9 Å². The molecule has 1 heterocycles. The average molecular weight is 333 g/mol. The van der Waals surface area contributed by atoms with Crippen molar-refractivity contribution >= 4 is 31.9 Å². The normalized spacial score (nSPS) is 10.6. The summed E-state index contributed by atoms with van der Waals surface area (Å²) in [6, 6.07) is 9.78. The van der Waals surface area contributed by atoms with Crippen LogP contribution in [0.3, 0.4) is 0 Å². The van der Waals surface area contributed by atoms with E-state index < -0.39 is 0 Å². The molecule has 0 spiro atoms. The number of hydrogen-bond acceptors (Lipinski definition) is 0. The van der Waals surface area contributed by atoms with Crippen LogP contribution in [0.15, 0.2) is 45.5 Å². The van der Waals surface area contributed by atoms with Gasteiger partial charge in [0.2, 0.25) is 5.95 Å². The second-order valence-electron chi connectivity index (χ2n) is 3.20. The predicted octanol–water partition coefficient (Wildman–Crippen LogP) is 4.20. The number of rotatable bonds is 2. The van der Waals surface area contributed by atoms with Crippen molar-refractivity contribution in [3.05, 3.63) is 57.0 Å². The van der Waals surface area contributed by atoms with Crippen LogP contribution in [-0.2, 0) is 6.54 Å². The fraction of sp³-hybridized carbons (Fsp3) is 0.0909. The Morgan fingerprint density at radius 3 is 2.33 bits per heavy atom. The lowest BCUT2D eigenvalue weighted by Gasteiger charge is -2.03. The van der Waals surface area contributed by atoms with E-state index in [2.05, 4.69) is 31.9 Å². The molecule has 1 nitrogen and oxygen atoms in total. The molecule has 0 amide bonds. The van der Waals surface area contributed by atoms with Gasteiger partial charge in [0.05, 0.1) is 8.95 Å². The van der Waals surface area contributed by atoms with Gasteiger partial charge in [-0.15, -0.1) is 0 Å². The van der Waals surface area contributed by atoms with Gasteiger partial charge < -0.3 is 4.57 Å². The van der Waals surface area contributed by atoms with Gasteiger partial charge >= 0.3 is 0 Å². The van der Waals surface area contributed by atoms with Crippen LogP contribution in [0, 0.1) is 5.95 Å². The first-order chi connectivity index (χ1) is 7.18. The summed E-state index contributed by atoms with van der Waals surface area (Å²) in [6.07, 6.45) is 1.73. The minimum Gasteiger partial charge on any atom is -0.318 e. The zero-order valence-corrected chi connectivity index (χ0v) is 10.9.